The lowest BCUT2D eigenvalue weighted by Crippen LogP contribution is -2.31. The van der Waals surface area contributed by atoms with Gasteiger partial charge in [-0.3, -0.25) is 29.0 Å². The zero-order chi connectivity index (χ0) is 29.9. The number of carbonyl (C=O) groups excluding carboxylic acids is 4. The van der Waals surface area contributed by atoms with Gasteiger partial charge in [0.1, 0.15) is 0 Å². The van der Waals surface area contributed by atoms with Gasteiger partial charge in [0.25, 0.3) is 23.6 Å². The molecule has 0 fully saturated rings. The van der Waals surface area contributed by atoms with Gasteiger partial charge in [0.05, 0.1) is 22.3 Å². The van der Waals surface area contributed by atoms with Crippen LogP contribution < -0.4 is 0 Å². The highest BCUT2D eigenvalue weighted by molar-refractivity contribution is 8.03. The van der Waals surface area contributed by atoms with Gasteiger partial charge in [0, 0.05) is 47.6 Å². The number of fused-ring (bicyclic) bond motifs is 2. The number of carbonyl (C=O) groups is 4. The molecule has 0 spiro atoms. The summed E-state index contributed by atoms with van der Waals surface area (Å²) in [6, 6.07) is 10.4. The summed E-state index contributed by atoms with van der Waals surface area (Å²) in [5.41, 5.74) is 2.76. The molecular formula is C30H36N2O4S6. The molecule has 4 rings (SSSR count). The van der Waals surface area contributed by atoms with E-state index in [1.807, 2.05) is 47.0 Å². The van der Waals surface area contributed by atoms with Crippen molar-refractivity contribution in [3.05, 3.63) is 58.7 Å². The number of hydrogen-bond acceptors (Lipinski definition) is 10. The molecule has 2 aromatic rings. The Bertz CT molecular complexity index is 1290. The van der Waals surface area contributed by atoms with Crippen LogP contribution in [0.25, 0.3) is 11.1 Å². The molecule has 0 N–H and O–H groups in total. The molecule has 0 radical (unpaired) electrons. The first-order valence-corrected chi connectivity index (χ1v) is 19.9. The molecule has 0 saturated carbocycles. The average Bonchev–Trinajstić information content (AvgIpc) is 3.39. The SMILES string of the molecule is O=C1c2ccc(-c3cccc4c3C(=O)N(CCCSCCSCCS)C4=O)cc2C(=O)N1CCCSCCSCCS. The molecular weight excluding hydrogens is 645 g/mol. The molecule has 6 nitrogen and oxygen atoms in total. The van der Waals surface area contributed by atoms with Crippen molar-refractivity contribution in [2.75, 3.05) is 70.6 Å². The Hall–Kier alpha value is -1.18. The molecule has 0 saturated heterocycles. The number of thiol groups is 2. The molecule has 0 atom stereocenters. The normalized spacial score (nSPS) is 14.3. The molecule has 226 valence electrons. The van der Waals surface area contributed by atoms with Crippen LogP contribution in [-0.4, -0.2) is 104 Å². The molecule has 0 aliphatic carbocycles. The summed E-state index contributed by atoms with van der Waals surface area (Å²) in [6.07, 6.45) is 1.48. The Labute approximate surface area is 276 Å². The number of amides is 4. The van der Waals surface area contributed by atoms with Crippen molar-refractivity contribution in [2.45, 2.75) is 12.8 Å². The first kappa shape index (κ1) is 33.7. The monoisotopic (exact) mass is 680 g/mol. The lowest BCUT2D eigenvalue weighted by Gasteiger charge is -2.14. The van der Waals surface area contributed by atoms with Crippen molar-refractivity contribution in [1.82, 2.24) is 9.80 Å². The highest BCUT2D eigenvalue weighted by atomic mass is 32.2. The van der Waals surface area contributed by atoms with Crippen molar-refractivity contribution in [1.29, 1.82) is 0 Å². The van der Waals surface area contributed by atoms with Crippen LogP contribution in [0.15, 0.2) is 36.4 Å². The number of rotatable bonds is 19. The number of imide groups is 2. The second-order valence-electron chi connectivity index (χ2n) is 9.62. The quantitative estimate of drug-likeness (QED) is 0.105. The van der Waals surface area contributed by atoms with Crippen LogP contribution in [-0.2, 0) is 0 Å². The lowest BCUT2D eigenvalue weighted by molar-refractivity contribution is 0.0639. The van der Waals surface area contributed by atoms with Crippen molar-refractivity contribution < 1.29 is 19.2 Å². The first-order chi connectivity index (χ1) is 20.5. The summed E-state index contributed by atoms with van der Waals surface area (Å²) in [4.78, 5) is 55.5. The molecule has 4 amide bonds. The summed E-state index contributed by atoms with van der Waals surface area (Å²) in [7, 11) is 0. The van der Waals surface area contributed by atoms with Gasteiger partial charge in [-0.05, 0) is 65.2 Å². The largest absolute Gasteiger partial charge is 0.274 e. The molecule has 0 unspecified atom stereocenters. The van der Waals surface area contributed by atoms with E-state index in [-0.39, 0.29) is 23.6 Å². The Morgan fingerprint density at radius 3 is 1.62 bits per heavy atom. The molecule has 42 heavy (non-hydrogen) atoms. The summed E-state index contributed by atoms with van der Waals surface area (Å²) >= 11 is 15.9. The van der Waals surface area contributed by atoms with Gasteiger partial charge in [-0.15, -0.1) is 0 Å². The average molecular weight is 681 g/mol. The van der Waals surface area contributed by atoms with E-state index in [1.54, 1.807) is 36.4 Å². The Morgan fingerprint density at radius 2 is 1.02 bits per heavy atom. The maximum absolute atomic E-state index is 13.4. The number of thioether (sulfide) groups is 4. The van der Waals surface area contributed by atoms with Crippen LogP contribution in [0.2, 0.25) is 0 Å². The highest BCUT2D eigenvalue weighted by Crippen LogP contribution is 2.35. The second-order valence-corrected chi connectivity index (χ2v) is 15.4. The molecule has 0 aromatic heterocycles. The fourth-order valence-electron chi connectivity index (χ4n) is 4.86. The molecule has 2 aromatic carbocycles. The van der Waals surface area contributed by atoms with E-state index in [2.05, 4.69) is 25.3 Å². The molecule has 2 aliphatic heterocycles. The van der Waals surface area contributed by atoms with Crippen molar-refractivity contribution in [3.8, 4) is 11.1 Å². The second kappa shape index (κ2) is 17.3. The summed E-state index contributed by atoms with van der Waals surface area (Å²) in [6.45, 7) is 0.759. The summed E-state index contributed by atoms with van der Waals surface area (Å²) in [5.74, 6) is 8.70. The maximum Gasteiger partial charge on any atom is 0.262 e. The Morgan fingerprint density at radius 1 is 0.524 bits per heavy atom. The summed E-state index contributed by atoms with van der Waals surface area (Å²) in [5, 5.41) is 0. The molecule has 2 aliphatic rings. The van der Waals surface area contributed by atoms with Gasteiger partial charge < -0.3 is 0 Å². The van der Waals surface area contributed by atoms with Crippen LogP contribution in [0, 0.1) is 0 Å². The molecule has 0 bridgehead atoms. The van der Waals surface area contributed by atoms with Gasteiger partial charge in [0.15, 0.2) is 0 Å². The van der Waals surface area contributed by atoms with Crippen molar-refractivity contribution in [3.63, 3.8) is 0 Å². The fraction of sp³-hybridized carbons (Fsp3) is 0.467. The lowest BCUT2D eigenvalue weighted by atomic mass is 9.94. The third-order valence-corrected chi connectivity index (χ3v) is 12.5. The number of benzene rings is 2. The fourth-order valence-corrected chi connectivity index (χ4v) is 9.26. The predicted molar refractivity (Wildman–Crippen MR) is 189 cm³/mol. The van der Waals surface area contributed by atoms with Gasteiger partial charge in [0.2, 0.25) is 0 Å². The number of nitrogens with zero attached hydrogens (tertiary/aromatic N) is 2. The zero-order valence-corrected chi connectivity index (χ0v) is 28.5. The maximum atomic E-state index is 13.4. The van der Waals surface area contributed by atoms with Gasteiger partial charge >= 0.3 is 0 Å². The third kappa shape index (κ3) is 8.29. The summed E-state index contributed by atoms with van der Waals surface area (Å²) < 4.78 is 0. The topological polar surface area (TPSA) is 74.8 Å². The van der Waals surface area contributed by atoms with Crippen LogP contribution in [0.5, 0.6) is 0 Å². The van der Waals surface area contributed by atoms with Crippen LogP contribution in [0.1, 0.15) is 54.3 Å². The Kier molecular flexibility index (Phi) is 13.9. The van der Waals surface area contributed by atoms with Crippen LogP contribution >= 0.6 is 72.3 Å². The Balaban J connectivity index is 1.37. The minimum atomic E-state index is -0.302. The van der Waals surface area contributed by atoms with Gasteiger partial charge in [-0.1, -0.05) is 18.2 Å². The molecule has 2 heterocycles. The minimum absolute atomic E-state index is 0.273. The zero-order valence-electron chi connectivity index (χ0n) is 23.4. The van der Waals surface area contributed by atoms with Gasteiger partial charge in [-0.25, -0.2) is 0 Å². The van der Waals surface area contributed by atoms with E-state index in [0.29, 0.717) is 46.5 Å². The van der Waals surface area contributed by atoms with E-state index in [0.717, 1.165) is 70.4 Å². The van der Waals surface area contributed by atoms with Crippen LogP contribution in [0.4, 0.5) is 0 Å². The highest BCUT2D eigenvalue weighted by Gasteiger charge is 2.39. The van der Waals surface area contributed by atoms with E-state index >= 15 is 0 Å². The van der Waals surface area contributed by atoms with Crippen molar-refractivity contribution in [2.24, 2.45) is 0 Å². The van der Waals surface area contributed by atoms with E-state index in [4.69, 9.17) is 0 Å². The minimum Gasteiger partial charge on any atom is -0.274 e. The van der Waals surface area contributed by atoms with Crippen LogP contribution in [0.3, 0.4) is 0 Å². The predicted octanol–water partition coefficient (Wildman–Crippen LogP) is 6.12. The molecule has 12 heteroatoms. The van der Waals surface area contributed by atoms with Gasteiger partial charge in [-0.2, -0.15) is 72.3 Å². The third-order valence-electron chi connectivity index (χ3n) is 6.84. The van der Waals surface area contributed by atoms with E-state index < -0.39 is 0 Å². The number of hydrogen-bond donors (Lipinski definition) is 2. The first-order valence-electron chi connectivity index (χ1n) is 14.0. The van der Waals surface area contributed by atoms with E-state index in [1.165, 1.54) is 9.80 Å². The smallest absolute Gasteiger partial charge is 0.262 e. The van der Waals surface area contributed by atoms with E-state index in [9.17, 15) is 19.2 Å². The van der Waals surface area contributed by atoms with Crippen molar-refractivity contribution >= 4 is 95.9 Å². The standard InChI is InChI=1S/C30H36N2O4S6/c33-27-23-7-6-21(20-25(23)29(35)31(27)8-2-12-39-16-18-41-14-10-37)22-4-1-5-24-26(22)30(36)32(28(24)34)9-3-13-40-17-19-42-15-11-38/h1,4-7,20,37-38H,2-3,8-19H2.